The Morgan fingerprint density at radius 3 is 1.27 bits per heavy atom. The molecule has 0 heterocycles. The van der Waals surface area contributed by atoms with Crippen molar-refractivity contribution in [2.24, 2.45) is 0 Å². The average molecular weight is 176 g/mol. The van der Waals surface area contributed by atoms with Gasteiger partial charge in [-0.3, -0.25) is 0 Å². The van der Waals surface area contributed by atoms with E-state index in [1.54, 1.807) is 0 Å². The first-order valence-corrected chi connectivity index (χ1v) is 7.02. The van der Waals surface area contributed by atoms with Gasteiger partial charge >= 0.3 is 0 Å². The van der Waals surface area contributed by atoms with Crippen molar-refractivity contribution < 1.29 is 4.57 Å². The fraction of sp³-hybridized carbons (Fsp3) is 1.00. The van der Waals surface area contributed by atoms with Crippen LogP contribution in [0.15, 0.2) is 0 Å². The van der Waals surface area contributed by atoms with E-state index in [9.17, 15) is 4.57 Å². The summed E-state index contributed by atoms with van der Waals surface area (Å²) in [6.07, 6.45) is 6.14. The van der Waals surface area contributed by atoms with E-state index in [1.807, 2.05) is 0 Å². The molecule has 0 aliphatic heterocycles. The quantitative estimate of drug-likeness (QED) is 0.565. The van der Waals surface area contributed by atoms with Gasteiger partial charge in [0.15, 0.2) is 0 Å². The van der Waals surface area contributed by atoms with E-state index in [4.69, 9.17) is 0 Å². The smallest absolute Gasteiger partial charge is 0.0877 e. The van der Waals surface area contributed by atoms with Gasteiger partial charge in [-0.05, 0) is 19.3 Å². The molecule has 0 rings (SSSR count). The maximum Gasteiger partial charge on any atom is 0.0877 e. The van der Waals surface area contributed by atoms with Gasteiger partial charge in [-0.15, -0.1) is 0 Å². The highest BCUT2D eigenvalue weighted by molar-refractivity contribution is 7.63. The second kappa shape index (κ2) is 5.83. The van der Waals surface area contributed by atoms with Gasteiger partial charge in [-0.2, -0.15) is 0 Å². The summed E-state index contributed by atoms with van der Waals surface area (Å²) in [5.74, 6) is 0. The van der Waals surface area contributed by atoms with Gasteiger partial charge in [0, 0.05) is 18.5 Å². The minimum atomic E-state index is -1.72. The van der Waals surface area contributed by atoms with Crippen LogP contribution in [-0.4, -0.2) is 18.5 Å². The normalized spacial score (nSPS) is 11.9. The van der Waals surface area contributed by atoms with Gasteiger partial charge in [0.25, 0.3) is 0 Å². The summed E-state index contributed by atoms with van der Waals surface area (Å²) in [4.78, 5) is 0. The molecule has 0 fully saturated rings. The zero-order valence-corrected chi connectivity index (χ0v) is 8.99. The number of rotatable bonds is 6. The van der Waals surface area contributed by atoms with E-state index in [1.165, 1.54) is 0 Å². The van der Waals surface area contributed by atoms with Crippen molar-refractivity contribution in [3.05, 3.63) is 0 Å². The maximum atomic E-state index is 12.0. The first-order chi connectivity index (χ1) is 5.18. The summed E-state index contributed by atoms with van der Waals surface area (Å²) in [5, 5.41) is 0. The second-order valence-electron chi connectivity index (χ2n) is 3.23. The topological polar surface area (TPSA) is 17.1 Å². The van der Waals surface area contributed by atoms with Crippen molar-refractivity contribution in [2.45, 2.75) is 40.0 Å². The summed E-state index contributed by atoms with van der Waals surface area (Å²) in [5.41, 5.74) is 0. The Hall–Kier alpha value is 0.230. The lowest BCUT2D eigenvalue weighted by Crippen LogP contribution is -1.98. The highest BCUT2D eigenvalue weighted by Crippen LogP contribution is 2.46. The van der Waals surface area contributed by atoms with Crippen molar-refractivity contribution in [1.29, 1.82) is 0 Å². The van der Waals surface area contributed by atoms with Gasteiger partial charge in [0.05, 0.1) is 7.14 Å². The van der Waals surface area contributed by atoms with Crippen LogP contribution in [0.4, 0.5) is 0 Å². The van der Waals surface area contributed by atoms with E-state index in [0.29, 0.717) is 0 Å². The Bertz CT molecular complexity index is 108. The molecule has 0 atom stereocenters. The molecule has 2 heteroatoms. The van der Waals surface area contributed by atoms with E-state index in [2.05, 4.69) is 20.8 Å². The molecule has 0 aromatic heterocycles. The van der Waals surface area contributed by atoms with E-state index >= 15 is 0 Å². The largest absolute Gasteiger partial charge is 0.324 e. The van der Waals surface area contributed by atoms with Crippen LogP contribution in [0.3, 0.4) is 0 Å². The molecule has 0 spiro atoms. The minimum Gasteiger partial charge on any atom is -0.324 e. The first-order valence-electron chi connectivity index (χ1n) is 4.75. The van der Waals surface area contributed by atoms with Gasteiger partial charge in [-0.25, -0.2) is 0 Å². The van der Waals surface area contributed by atoms with E-state index < -0.39 is 7.14 Å². The molecule has 0 N–H and O–H groups in total. The molecule has 0 aliphatic carbocycles. The standard InChI is InChI=1S/C9H21OP/c1-4-7-11(10,8-5-2)9-6-3/h4-9H2,1-3H3. The first kappa shape index (κ1) is 11.2. The molecule has 68 valence electrons. The molecule has 0 unspecified atom stereocenters. The van der Waals surface area contributed by atoms with Crippen LogP contribution in [0, 0.1) is 0 Å². The average Bonchev–Trinajstić information content (AvgIpc) is 1.88. The third-order valence-corrected chi connectivity index (χ3v) is 5.68. The molecule has 11 heavy (non-hydrogen) atoms. The summed E-state index contributed by atoms with van der Waals surface area (Å²) in [6.45, 7) is 6.37. The van der Waals surface area contributed by atoms with Crippen LogP contribution >= 0.6 is 7.14 Å². The summed E-state index contributed by atoms with van der Waals surface area (Å²) in [6, 6.07) is 0. The Kier molecular flexibility index (Phi) is 5.95. The van der Waals surface area contributed by atoms with Gasteiger partial charge in [0.2, 0.25) is 0 Å². The van der Waals surface area contributed by atoms with Gasteiger partial charge < -0.3 is 4.57 Å². The molecule has 0 radical (unpaired) electrons. The van der Waals surface area contributed by atoms with Crippen molar-refractivity contribution >= 4 is 7.14 Å². The third kappa shape index (κ3) is 4.63. The van der Waals surface area contributed by atoms with Crippen LogP contribution < -0.4 is 0 Å². The summed E-state index contributed by atoms with van der Waals surface area (Å²) in [7, 11) is -1.72. The van der Waals surface area contributed by atoms with Crippen LogP contribution in [-0.2, 0) is 4.57 Å². The highest BCUT2D eigenvalue weighted by Gasteiger charge is 2.17. The molecule has 0 saturated heterocycles. The molecular formula is C9H21OP. The summed E-state index contributed by atoms with van der Waals surface area (Å²) < 4.78 is 12.0. The highest BCUT2D eigenvalue weighted by atomic mass is 31.2. The Balaban J connectivity index is 3.91. The lowest BCUT2D eigenvalue weighted by molar-refractivity contribution is 0.571. The van der Waals surface area contributed by atoms with Crippen LogP contribution in [0.25, 0.3) is 0 Å². The minimum absolute atomic E-state index is 0.967. The zero-order valence-electron chi connectivity index (χ0n) is 8.10. The van der Waals surface area contributed by atoms with Crippen molar-refractivity contribution in [3.8, 4) is 0 Å². The fourth-order valence-electron chi connectivity index (χ4n) is 1.56. The molecule has 0 bridgehead atoms. The number of hydrogen-bond donors (Lipinski definition) is 0. The molecule has 0 amide bonds. The molecule has 0 aliphatic rings. The predicted molar refractivity (Wildman–Crippen MR) is 53.1 cm³/mol. The molecule has 1 nitrogen and oxygen atoms in total. The maximum absolute atomic E-state index is 12.0. The zero-order chi connectivity index (χ0) is 8.74. The monoisotopic (exact) mass is 176 g/mol. The fourth-order valence-corrected chi connectivity index (χ4v) is 4.67. The van der Waals surface area contributed by atoms with Crippen molar-refractivity contribution in [1.82, 2.24) is 0 Å². The lowest BCUT2D eigenvalue weighted by atomic mass is 10.6. The van der Waals surface area contributed by atoms with Crippen molar-refractivity contribution in [3.63, 3.8) is 0 Å². The SMILES string of the molecule is CCCP(=O)(CCC)CCC. The van der Waals surface area contributed by atoms with Gasteiger partial charge in [-0.1, -0.05) is 20.8 Å². The second-order valence-corrected chi connectivity index (χ2v) is 6.69. The molecule has 0 aromatic rings. The Morgan fingerprint density at radius 1 is 0.818 bits per heavy atom. The Labute approximate surface area is 70.9 Å². The lowest BCUT2D eigenvalue weighted by Gasteiger charge is -2.15. The molecule has 0 aromatic carbocycles. The van der Waals surface area contributed by atoms with Crippen LogP contribution in [0.2, 0.25) is 0 Å². The van der Waals surface area contributed by atoms with Crippen LogP contribution in [0.5, 0.6) is 0 Å². The third-order valence-electron chi connectivity index (χ3n) is 1.89. The van der Waals surface area contributed by atoms with E-state index in [-0.39, 0.29) is 0 Å². The predicted octanol–water partition coefficient (Wildman–Crippen LogP) is 3.58. The molecule has 0 saturated carbocycles. The summed E-state index contributed by atoms with van der Waals surface area (Å²) >= 11 is 0. The van der Waals surface area contributed by atoms with Gasteiger partial charge in [0.1, 0.15) is 0 Å². The Morgan fingerprint density at radius 2 is 1.09 bits per heavy atom. The van der Waals surface area contributed by atoms with E-state index in [0.717, 1.165) is 37.7 Å². The number of hydrogen-bond acceptors (Lipinski definition) is 1. The van der Waals surface area contributed by atoms with Crippen molar-refractivity contribution in [2.75, 3.05) is 18.5 Å². The van der Waals surface area contributed by atoms with Crippen LogP contribution in [0.1, 0.15) is 40.0 Å². The molecular weight excluding hydrogens is 155 g/mol.